The number of hydrogen-bond acceptors (Lipinski definition) is 5. The summed E-state index contributed by atoms with van der Waals surface area (Å²) in [6.45, 7) is 6.31. The smallest absolute Gasteiger partial charge is 0.305 e. The molecule has 5 nitrogen and oxygen atoms in total. The average molecular weight is 653 g/mol. The first-order valence-electron chi connectivity index (χ1n) is 20.4. The molecule has 0 aliphatic carbocycles. The van der Waals surface area contributed by atoms with E-state index in [-0.39, 0.29) is 31.8 Å². The van der Waals surface area contributed by atoms with Crippen LogP contribution in [-0.4, -0.2) is 36.9 Å². The van der Waals surface area contributed by atoms with E-state index in [9.17, 15) is 14.7 Å². The van der Waals surface area contributed by atoms with Crippen molar-refractivity contribution in [3.63, 3.8) is 0 Å². The van der Waals surface area contributed by atoms with Crippen LogP contribution in [0.5, 0.6) is 0 Å². The molecule has 0 rings (SSSR count). The minimum absolute atomic E-state index is 0.0767. The minimum Gasteiger partial charge on any atom is -0.465 e. The first kappa shape index (κ1) is 44.9. The molecule has 0 aromatic carbocycles. The van der Waals surface area contributed by atoms with Crippen molar-refractivity contribution in [3.05, 3.63) is 0 Å². The summed E-state index contributed by atoms with van der Waals surface area (Å²) in [5.41, 5.74) is -0.755. The highest BCUT2D eigenvalue weighted by atomic mass is 16.5. The number of aliphatic hydroxyl groups excluding tert-OH is 1. The Morgan fingerprint density at radius 3 is 0.848 bits per heavy atom. The number of carbonyl (C=O) groups is 2. The van der Waals surface area contributed by atoms with Gasteiger partial charge in [-0.05, 0) is 12.8 Å². The molecular formula is C41H80O5. The molecule has 0 heterocycles. The molecule has 0 aromatic rings. The zero-order valence-electron chi connectivity index (χ0n) is 31.3. The number of esters is 2. The maximum absolute atomic E-state index is 12.2. The van der Waals surface area contributed by atoms with Crippen molar-refractivity contribution in [2.45, 2.75) is 226 Å². The van der Waals surface area contributed by atoms with Gasteiger partial charge in [-0.2, -0.15) is 0 Å². The van der Waals surface area contributed by atoms with Crippen LogP contribution < -0.4 is 0 Å². The number of carbonyl (C=O) groups excluding carboxylic acids is 2. The predicted molar refractivity (Wildman–Crippen MR) is 196 cm³/mol. The van der Waals surface area contributed by atoms with Gasteiger partial charge in [-0.1, -0.05) is 201 Å². The number of aliphatic hydroxyl groups is 1. The molecule has 0 saturated heterocycles. The van der Waals surface area contributed by atoms with Crippen LogP contribution in [0.1, 0.15) is 226 Å². The van der Waals surface area contributed by atoms with E-state index in [1.807, 2.05) is 0 Å². The van der Waals surface area contributed by atoms with Gasteiger partial charge in [-0.25, -0.2) is 0 Å². The summed E-state index contributed by atoms with van der Waals surface area (Å²) in [7, 11) is 0. The summed E-state index contributed by atoms with van der Waals surface area (Å²) in [5, 5.41) is 9.86. The topological polar surface area (TPSA) is 72.8 Å². The lowest BCUT2D eigenvalue weighted by Gasteiger charge is -2.26. The normalized spacial score (nSPS) is 11.7. The summed E-state index contributed by atoms with van der Waals surface area (Å²) >= 11 is 0. The van der Waals surface area contributed by atoms with Crippen LogP contribution in [0.15, 0.2) is 0 Å². The monoisotopic (exact) mass is 653 g/mol. The van der Waals surface area contributed by atoms with Gasteiger partial charge in [-0.15, -0.1) is 0 Å². The molecule has 0 atom stereocenters. The van der Waals surface area contributed by atoms with Crippen molar-refractivity contribution in [3.8, 4) is 0 Å². The van der Waals surface area contributed by atoms with E-state index >= 15 is 0 Å². The summed E-state index contributed by atoms with van der Waals surface area (Å²) in [6.07, 6.45) is 39.7. The van der Waals surface area contributed by atoms with Gasteiger partial charge in [0.05, 0.1) is 12.0 Å². The van der Waals surface area contributed by atoms with E-state index in [4.69, 9.17) is 9.47 Å². The summed E-state index contributed by atoms with van der Waals surface area (Å²) in [4.78, 5) is 24.5. The van der Waals surface area contributed by atoms with Crippen LogP contribution in [0.2, 0.25) is 0 Å². The second-order valence-electron chi connectivity index (χ2n) is 14.7. The van der Waals surface area contributed by atoms with Crippen LogP contribution in [0.25, 0.3) is 0 Å². The van der Waals surface area contributed by atoms with Crippen molar-refractivity contribution >= 4 is 11.9 Å². The largest absolute Gasteiger partial charge is 0.465 e. The molecule has 0 aromatic heterocycles. The van der Waals surface area contributed by atoms with E-state index in [1.165, 1.54) is 167 Å². The Morgan fingerprint density at radius 1 is 0.413 bits per heavy atom. The van der Waals surface area contributed by atoms with E-state index in [0.717, 1.165) is 25.7 Å². The first-order valence-corrected chi connectivity index (χ1v) is 20.4. The Hall–Kier alpha value is -1.10. The molecule has 5 heteroatoms. The predicted octanol–water partition coefficient (Wildman–Crippen LogP) is 12.6. The number of unbranched alkanes of at least 4 members (excludes halogenated alkanes) is 28. The van der Waals surface area contributed by atoms with E-state index in [2.05, 4.69) is 13.8 Å². The van der Waals surface area contributed by atoms with Crippen LogP contribution in [0.4, 0.5) is 0 Å². The van der Waals surface area contributed by atoms with E-state index < -0.39 is 5.41 Å². The van der Waals surface area contributed by atoms with Gasteiger partial charge >= 0.3 is 11.9 Å². The van der Waals surface area contributed by atoms with Crippen molar-refractivity contribution in [1.29, 1.82) is 0 Å². The zero-order chi connectivity index (χ0) is 33.8. The maximum Gasteiger partial charge on any atom is 0.305 e. The third-order valence-corrected chi connectivity index (χ3v) is 9.51. The Kier molecular flexibility index (Phi) is 34.4. The fourth-order valence-corrected chi connectivity index (χ4v) is 6.07. The molecule has 0 fully saturated rings. The number of rotatable bonds is 37. The third-order valence-electron chi connectivity index (χ3n) is 9.51. The van der Waals surface area contributed by atoms with Crippen LogP contribution >= 0.6 is 0 Å². The lowest BCUT2D eigenvalue weighted by molar-refractivity contribution is -0.155. The fraction of sp³-hybridized carbons (Fsp3) is 0.951. The van der Waals surface area contributed by atoms with Gasteiger partial charge in [0, 0.05) is 12.8 Å². The molecule has 0 amide bonds. The lowest BCUT2D eigenvalue weighted by atomic mass is 9.94. The molecule has 0 aliphatic rings. The molecule has 46 heavy (non-hydrogen) atoms. The average Bonchev–Trinajstić information content (AvgIpc) is 3.06. The minimum atomic E-state index is -0.755. The summed E-state index contributed by atoms with van der Waals surface area (Å²) in [6, 6.07) is 0. The first-order chi connectivity index (χ1) is 22.5. The van der Waals surface area contributed by atoms with Crippen molar-refractivity contribution < 1.29 is 24.2 Å². The van der Waals surface area contributed by atoms with Gasteiger partial charge in [0.25, 0.3) is 0 Å². The van der Waals surface area contributed by atoms with E-state index in [0.29, 0.717) is 12.8 Å². The van der Waals surface area contributed by atoms with Gasteiger partial charge in [0.1, 0.15) is 13.2 Å². The quantitative estimate of drug-likeness (QED) is 0.0534. The fourth-order valence-electron chi connectivity index (χ4n) is 6.07. The second kappa shape index (κ2) is 35.2. The number of ether oxygens (including phenoxy) is 2. The van der Waals surface area contributed by atoms with Crippen LogP contribution in [0.3, 0.4) is 0 Å². The van der Waals surface area contributed by atoms with Crippen molar-refractivity contribution in [2.75, 3.05) is 19.8 Å². The van der Waals surface area contributed by atoms with E-state index in [1.54, 1.807) is 6.92 Å². The Labute approximate surface area is 287 Å². The van der Waals surface area contributed by atoms with Gasteiger partial charge in [0.15, 0.2) is 0 Å². The molecule has 274 valence electrons. The molecule has 0 aliphatic heterocycles. The SMILES string of the molecule is CCCCCCCCCCCCCCCCCC(=O)OCC(C)(CO)COC(=O)CCCCCCCCCCCCCCCCC. The van der Waals surface area contributed by atoms with Gasteiger partial charge in [-0.3, -0.25) is 9.59 Å². The third kappa shape index (κ3) is 32.8. The van der Waals surface area contributed by atoms with Crippen molar-refractivity contribution in [2.24, 2.45) is 5.41 Å². The molecule has 0 bridgehead atoms. The molecule has 0 spiro atoms. The number of hydrogen-bond donors (Lipinski definition) is 1. The molecule has 1 N–H and O–H groups in total. The molecular weight excluding hydrogens is 572 g/mol. The Morgan fingerprint density at radius 2 is 0.630 bits per heavy atom. The molecule has 0 unspecified atom stereocenters. The molecule has 0 radical (unpaired) electrons. The molecule has 0 saturated carbocycles. The Balaban J connectivity index is 3.61. The second-order valence-corrected chi connectivity index (χ2v) is 14.7. The highest BCUT2D eigenvalue weighted by molar-refractivity contribution is 5.69. The Bertz CT molecular complexity index is 599. The highest BCUT2D eigenvalue weighted by Gasteiger charge is 2.27. The standard InChI is InChI=1S/C41H80O5/c1-4-6-8-10-12-14-16-18-20-22-24-26-28-30-32-34-39(43)45-37-41(3,36-42)38-46-40(44)35-33-31-29-27-25-23-21-19-17-15-13-11-9-7-5-2/h42H,4-38H2,1-3H3. The summed E-state index contributed by atoms with van der Waals surface area (Å²) in [5.74, 6) is -0.447. The lowest BCUT2D eigenvalue weighted by Crippen LogP contribution is -2.35. The van der Waals surface area contributed by atoms with Gasteiger partial charge in [0.2, 0.25) is 0 Å². The summed E-state index contributed by atoms with van der Waals surface area (Å²) < 4.78 is 10.9. The zero-order valence-corrected chi connectivity index (χ0v) is 31.3. The van der Waals surface area contributed by atoms with Crippen molar-refractivity contribution in [1.82, 2.24) is 0 Å². The van der Waals surface area contributed by atoms with Crippen LogP contribution in [-0.2, 0) is 19.1 Å². The van der Waals surface area contributed by atoms with Gasteiger partial charge < -0.3 is 14.6 Å². The highest BCUT2D eigenvalue weighted by Crippen LogP contribution is 2.19. The van der Waals surface area contributed by atoms with Crippen LogP contribution in [0, 0.1) is 5.41 Å². The maximum atomic E-state index is 12.2.